The van der Waals surface area contributed by atoms with Gasteiger partial charge in [0.25, 0.3) is 0 Å². The molecule has 104 valence electrons. The first-order valence-electron chi connectivity index (χ1n) is 6.45. The Labute approximate surface area is 131 Å². The lowest BCUT2D eigenvalue weighted by molar-refractivity contribution is 0.171. The topological polar surface area (TPSA) is 18.5 Å². The fourth-order valence-electron chi connectivity index (χ4n) is 2.28. The van der Waals surface area contributed by atoms with E-state index in [4.69, 9.17) is 21.1 Å². The van der Waals surface area contributed by atoms with Crippen molar-refractivity contribution in [2.75, 3.05) is 13.2 Å². The van der Waals surface area contributed by atoms with E-state index in [1.807, 2.05) is 24.3 Å². The van der Waals surface area contributed by atoms with Crippen molar-refractivity contribution in [3.63, 3.8) is 0 Å². The van der Waals surface area contributed by atoms with Gasteiger partial charge in [-0.25, -0.2) is 0 Å². The largest absolute Gasteiger partial charge is 0.486 e. The predicted molar refractivity (Wildman–Crippen MR) is 84.0 cm³/mol. The summed E-state index contributed by atoms with van der Waals surface area (Å²) in [6, 6.07) is 12.1. The van der Waals surface area contributed by atoms with Crippen molar-refractivity contribution in [2.24, 2.45) is 0 Å². The summed E-state index contributed by atoms with van der Waals surface area (Å²) in [4.78, 5) is 0. The van der Waals surface area contributed by atoms with E-state index < -0.39 is 0 Å². The predicted octanol–water partition coefficient (Wildman–Crippen LogP) is 4.86. The molecule has 1 heterocycles. The Morgan fingerprint density at radius 2 is 1.80 bits per heavy atom. The molecule has 1 atom stereocenters. The third-order valence-corrected chi connectivity index (χ3v) is 4.44. The van der Waals surface area contributed by atoms with E-state index in [1.54, 1.807) is 0 Å². The highest BCUT2D eigenvalue weighted by Crippen LogP contribution is 2.41. The van der Waals surface area contributed by atoms with Gasteiger partial charge in [-0.3, -0.25) is 0 Å². The molecule has 0 aromatic heterocycles. The van der Waals surface area contributed by atoms with Crippen molar-refractivity contribution in [2.45, 2.75) is 12.3 Å². The van der Waals surface area contributed by atoms with E-state index >= 15 is 0 Å². The molecule has 2 nitrogen and oxygen atoms in total. The monoisotopic (exact) mass is 352 g/mol. The van der Waals surface area contributed by atoms with E-state index in [9.17, 15) is 0 Å². The zero-order valence-corrected chi connectivity index (χ0v) is 13.4. The molecule has 0 saturated carbocycles. The summed E-state index contributed by atoms with van der Waals surface area (Å²) in [6.07, 6.45) is 0. The van der Waals surface area contributed by atoms with Crippen molar-refractivity contribution in [1.29, 1.82) is 0 Å². The van der Waals surface area contributed by atoms with E-state index in [1.165, 1.54) is 5.56 Å². The molecule has 0 fully saturated rings. The molecule has 4 heteroatoms. The van der Waals surface area contributed by atoms with E-state index in [-0.39, 0.29) is 5.38 Å². The third kappa shape index (κ3) is 2.65. The van der Waals surface area contributed by atoms with Gasteiger partial charge in [-0.2, -0.15) is 0 Å². The van der Waals surface area contributed by atoms with E-state index in [0.717, 1.165) is 27.1 Å². The highest BCUT2D eigenvalue weighted by molar-refractivity contribution is 9.10. The molecular weight excluding hydrogens is 340 g/mol. The van der Waals surface area contributed by atoms with Crippen molar-refractivity contribution in [3.05, 3.63) is 57.6 Å². The van der Waals surface area contributed by atoms with Crippen LogP contribution in [0.4, 0.5) is 0 Å². The number of ether oxygens (including phenoxy) is 2. The highest BCUT2D eigenvalue weighted by atomic mass is 79.9. The average molecular weight is 354 g/mol. The maximum Gasteiger partial charge on any atom is 0.162 e. The second kappa shape index (κ2) is 5.66. The Bertz CT molecular complexity index is 642. The number of hydrogen-bond donors (Lipinski definition) is 0. The number of hydrogen-bond acceptors (Lipinski definition) is 2. The highest BCUT2D eigenvalue weighted by Gasteiger charge is 2.20. The first kappa shape index (κ1) is 13.8. The molecule has 1 unspecified atom stereocenters. The van der Waals surface area contributed by atoms with Gasteiger partial charge in [-0.1, -0.05) is 45.8 Å². The van der Waals surface area contributed by atoms with Crippen LogP contribution in [0.5, 0.6) is 11.5 Å². The second-order valence-electron chi connectivity index (χ2n) is 4.79. The van der Waals surface area contributed by atoms with Gasteiger partial charge in [0.2, 0.25) is 0 Å². The van der Waals surface area contributed by atoms with Crippen LogP contribution in [0.25, 0.3) is 0 Å². The third-order valence-electron chi connectivity index (χ3n) is 3.27. The van der Waals surface area contributed by atoms with Crippen LogP contribution in [-0.4, -0.2) is 13.2 Å². The molecule has 0 spiro atoms. The summed E-state index contributed by atoms with van der Waals surface area (Å²) >= 11 is 10.2. The molecule has 20 heavy (non-hydrogen) atoms. The van der Waals surface area contributed by atoms with Crippen molar-refractivity contribution in [1.82, 2.24) is 0 Å². The zero-order chi connectivity index (χ0) is 14.1. The summed E-state index contributed by atoms with van der Waals surface area (Å²) in [5, 5.41) is -0.222. The first-order chi connectivity index (χ1) is 9.65. The van der Waals surface area contributed by atoms with Crippen molar-refractivity contribution >= 4 is 27.5 Å². The lowest BCUT2D eigenvalue weighted by Gasteiger charge is -2.21. The number of aryl methyl sites for hydroxylation is 1. The van der Waals surface area contributed by atoms with Gasteiger partial charge in [0.15, 0.2) is 11.5 Å². The summed E-state index contributed by atoms with van der Waals surface area (Å²) in [5.74, 6) is 1.52. The Kier molecular flexibility index (Phi) is 3.90. The first-order valence-corrected chi connectivity index (χ1v) is 7.68. The Hall–Kier alpha value is -1.19. The summed E-state index contributed by atoms with van der Waals surface area (Å²) < 4.78 is 12.1. The normalized spacial score (nSPS) is 14.9. The molecule has 2 aromatic rings. The fraction of sp³-hybridized carbons (Fsp3) is 0.250. The van der Waals surface area contributed by atoms with E-state index in [0.29, 0.717) is 13.2 Å². The molecule has 0 amide bonds. The Morgan fingerprint density at radius 3 is 2.50 bits per heavy atom. The quantitative estimate of drug-likeness (QED) is 0.718. The smallest absolute Gasteiger partial charge is 0.162 e. The summed E-state index contributed by atoms with van der Waals surface area (Å²) in [7, 11) is 0. The van der Waals surface area contributed by atoms with Crippen molar-refractivity contribution < 1.29 is 9.47 Å². The van der Waals surface area contributed by atoms with Gasteiger partial charge in [0, 0.05) is 4.47 Å². The van der Waals surface area contributed by atoms with Gasteiger partial charge >= 0.3 is 0 Å². The number of fused-ring (bicyclic) bond motifs is 1. The van der Waals surface area contributed by atoms with Crippen LogP contribution in [0.2, 0.25) is 0 Å². The zero-order valence-electron chi connectivity index (χ0n) is 11.0. The number of benzene rings is 2. The van der Waals surface area contributed by atoms with E-state index in [2.05, 4.69) is 35.0 Å². The van der Waals surface area contributed by atoms with Crippen LogP contribution in [0.3, 0.4) is 0 Å². The lowest BCUT2D eigenvalue weighted by Crippen LogP contribution is -2.15. The van der Waals surface area contributed by atoms with Gasteiger partial charge < -0.3 is 9.47 Å². The number of alkyl halides is 1. The Morgan fingerprint density at radius 1 is 1.10 bits per heavy atom. The molecule has 2 aromatic carbocycles. The van der Waals surface area contributed by atoms with Crippen LogP contribution >= 0.6 is 27.5 Å². The SMILES string of the molecule is Cc1cccc(C(Cl)c2cc3c(cc2Br)OCCO3)c1. The molecule has 1 aliphatic heterocycles. The molecule has 3 rings (SSSR count). The van der Waals surface area contributed by atoms with Crippen LogP contribution in [0.15, 0.2) is 40.9 Å². The summed E-state index contributed by atoms with van der Waals surface area (Å²) in [6.45, 7) is 3.22. The van der Waals surface area contributed by atoms with Crippen LogP contribution in [0, 0.1) is 6.92 Å². The van der Waals surface area contributed by atoms with Crippen LogP contribution < -0.4 is 9.47 Å². The lowest BCUT2D eigenvalue weighted by atomic mass is 10.0. The molecule has 0 aliphatic carbocycles. The molecular formula is C16H14BrClO2. The fourth-order valence-corrected chi connectivity index (χ4v) is 3.28. The average Bonchev–Trinajstić information content (AvgIpc) is 2.46. The molecule has 1 aliphatic rings. The van der Waals surface area contributed by atoms with Gasteiger partial charge in [0.1, 0.15) is 13.2 Å². The summed E-state index contributed by atoms with van der Waals surface area (Å²) in [5.41, 5.74) is 3.26. The minimum atomic E-state index is -0.222. The molecule has 0 N–H and O–H groups in total. The van der Waals surface area contributed by atoms with Gasteiger partial charge in [0.05, 0.1) is 5.38 Å². The van der Waals surface area contributed by atoms with Crippen molar-refractivity contribution in [3.8, 4) is 11.5 Å². The number of rotatable bonds is 2. The molecule has 0 radical (unpaired) electrons. The maximum absolute atomic E-state index is 6.62. The Balaban J connectivity index is 2.01. The minimum absolute atomic E-state index is 0.222. The maximum atomic E-state index is 6.62. The molecule has 0 saturated heterocycles. The van der Waals surface area contributed by atoms with Gasteiger partial charge in [-0.05, 0) is 30.2 Å². The van der Waals surface area contributed by atoms with Crippen LogP contribution in [-0.2, 0) is 0 Å². The van der Waals surface area contributed by atoms with Crippen LogP contribution in [0.1, 0.15) is 22.1 Å². The van der Waals surface area contributed by atoms with Gasteiger partial charge in [-0.15, -0.1) is 11.6 Å². The second-order valence-corrected chi connectivity index (χ2v) is 6.08. The number of halogens is 2. The minimum Gasteiger partial charge on any atom is -0.486 e. The molecule has 0 bridgehead atoms. The standard InChI is InChI=1S/C16H14BrClO2/c1-10-3-2-4-11(7-10)16(18)12-8-14-15(9-13(12)17)20-6-5-19-14/h2-4,7-9,16H,5-6H2,1H3.